The van der Waals surface area contributed by atoms with Crippen molar-refractivity contribution >= 4 is 5.91 Å². The van der Waals surface area contributed by atoms with Crippen LogP contribution in [0.4, 0.5) is 0 Å². The quantitative estimate of drug-likeness (QED) is 0.261. The molecule has 0 unspecified atom stereocenters. The van der Waals surface area contributed by atoms with Crippen molar-refractivity contribution in [1.29, 1.82) is 0 Å². The van der Waals surface area contributed by atoms with Crippen LogP contribution >= 0.6 is 0 Å². The summed E-state index contributed by atoms with van der Waals surface area (Å²) >= 11 is 0. The van der Waals surface area contributed by atoms with E-state index in [2.05, 4.69) is 12.2 Å². The lowest BCUT2D eigenvalue weighted by Gasteiger charge is -2.26. The van der Waals surface area contributed by atoms with Crippen molar-refractivity contribution in [1.82, 2.24) is 5.32 Å². The van der Waals surface area contributed by atoms with Crippen molar-refractivity contribution in [3.05, 3.63) is 35.9 Å². The summed E-state index contributed by atoms with van der Waals surface area (Å²) in [5, 5.41) is 32.7. The van der Waals surface area contributed by atoms with Crippen LogP contribution in [0, 0.1) is 0 Å². The summed E-state index contributed by atoms with van der Waals surface area (Å²) in [6, 6.07) is 7.76. The van der Waals surface area contributed by atoms with Gasteiger partial charge in [-0.3, -0.25) is 4.79 Å². The number of carbonyl (C=O) groups is 1. The van der Waals surface area contributed by atoms with E-state index >= 15 is 0 Å². The molecule has 0 fully saturated rings. The standard InChI is InChI=1S/C25H43NO4/c1-2-3-4-5-6-7-8-9-10-11-12-16-19-23(28)24(29)22(20-27)26-25(30)21-17-14-13-15-18-21/h13-15,17-18,22-24,27-29H,2-12,16,19-20H2,1H3,(H,26,30)/t22-,23+,24-/m0/s1. The largest absolute Gasteiger partial charge is 0.394 e. The molecule has 0 spiro atoms. The van der Waals surface area contributed by atoms with Gasteiger partial charge in [-0.25, -0.2) is 0 Å². The molecule has 4 N–H and O–H groups in total. The Bertz CT molecular complexity index is 537. The Morgan fingerprint density at radius 3 is 1.83 bits per heavy atom. The van der Waals surface area contributed by atoms with Gasteiger partial charge in [0.25, 0.3) is 5.91 Å². The Labute approximate surface area is 182 Å². The van der Waals surface area contributed by atoms with E-state index in [1.54, 1.807) is 24.3 Å². The van der Waals surface area contributed by atoms with Gasteiger partial charge in [0.2, 0.25) is 0 Å². The normalized spacial score (nSPS) is 14.3. The fraction of sp³-hybridized carbons (Fsp3) is 0.720. The molecule has 1 aromatic carbocycles. The van der Waals surface area contributed by atoms with Crippen LogP contribution < -0.4 is 5.32 Å². The highest BCUT2D eigenvalue weighted by Gasteiger charge is 2.27. The van der Waals surface area contributed by atoms with E-state index in [-0.39, 0.29) is 5.91 Å². The van der Waals surface area contributed by atoms with E-state index in [0.717, 1.165) is 19.3 Å². The van der Waals surface area contributed by atoms with Crippen molar-refractivity contribution in [2.75, 3.05) is 6.61 Å². The molecule has 0 aromatic heterocycles. The number of carbonyl (C=O) groups excluding carboxylic acids is 1. The first kappa shape index (κ1) is 26.6. The first-order valence-electron chi connectivity index (χ1n) is 11.9. The number of nitrogens with one attached hydrogen (secondary N) is 1. The second-order valence-corrected chi connectivity index (χ2v) is 8.36. The highest BCUT2D eigenvalue weighted by Crippen LogP contribution is 2.14. The van der Waals surface area contributed by atoms with Gasteiger partial charge in [0.05, 0.1) is 18.8 Å². The maximum absolute atomic E-state index is 12.2. The number of benzene rings is 1. The average molecular weight is 422 g/mol. The Morgan fingerprint density at radius 2 is 1.33 bits per heavy atom. The number of rotatable bonds is 18. The van der Waals surface area contributed by atoms with Gasteiger partial charge in [-0.15, -0.1) is 0 Å². The van der Waals surface area contributed by atoms with E-state index in [1.807, 2.05) is 6.07 Å². The molecule has 0 bridgehead atoms. The third-order valence-electron chi connectivity index (χ3n) is 5.71. The lowest BCUT2D eigenvalue weighted by Crippen LogP contribution is -2.50. The van der Waals surface area contributed by atoms with E-state index in [4.69, 9.17) is 0 Å². The minimum atomic E-state index is -1.18. The van der Waals surface area contributed by atoms with Gasteiger partial charge >= 0.3 is 0 Å². The zero-order valence-electron chi connectivity index (χ0n) is 18.8. The van der Waals surface area contributed by atoms with Crippen molar-refractivity contribution in [3.63, 3.8) is 0 Å². The number of amides is 1. The Kier molecular flexibility index (Phi) is 15.3. The Hall–Kier alpha value is -1.43. The molecule has 1 amide bonds. The lowest BCUT2D eigenvalue weighted by molar-refractivity contribution is -0.0197. The number of hydrogen-bond donors (Lipinski definition) is 4. The molecule has 1 aromatic rings. The first-order valence-corrected chi connectivity index (χ1v) is 11.9. The number of aliphatic hydroxyl groups excluding tert-OH is 3. The highest BCUT2D eigenvalue weighted by atomic mass is 16.3. The molecule has 172 valence electrons. The second kappa shape index (κ2) is 17.3. The maximum Gasteiger partial charge on any atom is 0.251 e. The van der Waals surface area contributed by atoms with Crippen LogP contribution in [0.5, 0.6) is 0 Å². The van der Waals surface area contributed by atoms with Crippen LogP contribution in [0.2, 0.25) is 0 Å². The van der Waals surface area contributed by atoms with Crippen LogP contribution in [-0.2, 0) is 0 Å². The molecule has 3 atom stereocenters. The fourth-order valence-electron chi connectivity index (χ4n) is 3.71. The molecule has 0 aliphatic carbocycles. The number of hydrogen-bond acceptors (Lipinski definition) is 4. The van der Waals surface area contributed by atoms with E-state index < -0.39 is 24.9 Å². The van der Waals surface area contributed by atoms with Gasteiger partial charge in [0.1, 0.15) is 6.10 Å². The summed E-state index contributed by atoms with van der Waals surface area (Å²) in [4.78, 5) is 12.2. The first-order chi connectivity index (χ1) is 14.6. The van der Waals surface area contributed by atoms with Gasteiger partial charge in [0, 0.05) is 5.56 Å². The summed E-state index contributed by atoms with van der Waals surface area (Å²) in [5.74, 6) is -0.369. The van der Waals surface area contributed by atoms with E-state index in [1.165, 1.54) is 57.8 Å². The van der Waals surface area contributed by atoms with Crippen LogP contribution in [0.3, 0.4) is 0 Å². The average Bonchev–Trinajstić information content (AvgIpc) is 2.78. The minimum Gasteiger partial charge on any atom is -0.394 e. The Morgan fingerprint density at radius 1 is 0.833 bits per heavy atom. The van der Waals surface area contributed by atoms with Gasteiger partial charge < -0.3 is 20.6 Å². The van der Waals surface area contributed by atoms with Gasteiger partial charge in [-0.1, -0.05) is 102 Å². The van der Waals surface area contributed by atoms with Crippen LogP contribution in [0.25, 0.3) is 0 Å². The van der Waals surface area contributed by atoms with Crippen molar-refractivity contribution in [2.24, 2.45) is 0 Å². The minimum absolute atomic E-state index is 0.369. The molecule has 0 radical (unpaired) electrons. The molecule has 30 heavy (non-hydrogen) atoms. The Balaban J connectivity index is 2.12. The van der Waals surface area contributed by atoms with Crippen LogP contribution in [0.1, 0.15) is 101 Å². The van der Waals surface area contributed by atoms with Crippen molar-refractivity contribution in [2.45, 2.75) is 109 Å². The van der Waals surface area contributed by atoms with Gasteiger partial charge in [-0.05, 0) is 18.6 Å². The molecule has 0 saturated carbocycles. The molecule has 5 heteroatoms. The highest BCUT2D eigenvalue weighted by molar-refractivity contribution is 5.94. The summed E-state index contributed by atoms with van der Waals surface area (Å²) in [5.41, 5.74) is 0.457. The second-order valence-electron chi connectivity index (χ2n) is 8.36. The monoisotopic (exact) mass is 421 g/mol. The van der Waals surface area contributed by atoms with Crippen molar-refractivity contribution < 1.29 is 20.1 Å². The van der Waals surface area contributed by atoms with Crippen LogP contribution in [-0.4, -0.2) is 46.1 Å². The number of aliphatic hydroxyl groups is 3. The fourth-order valence-corrected chi connectivity index (χ4v) is 3.71. The zero-order chi connectivity index (χ0) is 22.0. The molecular weight excluding hydrogens is 378 g/mol. The topological polar surface area (TPSA) is 89.8 Å². The maximum atomic E-state index is 12.2. The van der Waals surface area contributed by atoms with E-state index in [9.17, 15) is 20.1 Å². The SMILES string of the molecule is CCCCCCCCCCCCCC[C@@H](O)[C@@H](O)[C@H](CO)NC(=O)c1ccccc1. The molecule has 0 saturated heterocycles. The lowest BCUT2D eigenvalue weighted by atomic mass is 9.99. The molecular formula is C25H43NO4. The summed E-state index contributed by atoms with van der Waals surface area (Å²) in [7, 11) is 0. The summed E-state index contributed by atoms with van der Waals surface area (Å²) in [6.45, 7) is 1.82. The number of unbranched alkanes of at least 4 members (excludes halogenated alkanes) is 11. The molecule has 5 nitrogen and oxygen atoms in total. The molecule has 0 aliphatic heterocycles. The zero-order valence-corrected chi connectivity index (χ0v) is 18.8. The smallest absolute Gasteiger partial charge is 0.251 e. The molecule has 0 aliphatic rings. The summed E-state index contributed by atoms with van der Waals surface area (Å²) < 4.78 is 0. The predicted molar refractivity (Wildman–Crippen MR) is 122 cm³/mol. The predicted octanol–water partition coefficient (Wildman–Crippen LogP) is 4.59. The van der Waals surface area contributed by atoms with E-state index in [0.29, 0.717) is 12.0 Å². The van der Waals surface area contributed by atoms with Gasteiger partial charge in [-0.2, -0.15) is 0 Å². The van der Waals surface area contributed by atoms with Crippen molar-refractivity contribution in [3.8, 4) is 0 Å². The summed E-state index contributed by atoms with van der Waals surface area (Å²) in [6.07, 6.45) is 13.2. The third-order valence-corrected chi connectivity index (χ3v) is 5.71. The molecule has 0 heterocycles. The van der Waals surface area contributed by atoms with Gasteiger partial charge in [0.15, 0.2) is 0 Å². The third kappa shape index (κ3) is 11.7. The van der Waals surface area contributed by atoms with Crippen LogP contribution in [0.15, 0.2) is 30.3 Å². The molecule has 1 rings (SSSR count).